The first kappa shape index (κ1) is 16.0. The number of hydrogen-bond donors (Lipinski definition) is 0. The zero-order valence-electron chi connectivity index (χ0n) is 14.1. The minimum absolute atomic E-state index is 0.0316. The molecule has 1 heterocycles. The molecule has 126 valence electrons. The van der Waals surface area contributed by atoms with Crippen LogP contribution < -0.4 is 4.74 Å². The molecule has 0 radical (unpaired) electrons. The van der Waals surface area contributed by atoms with Gasteiger partial charge in [0, 0.05) is 21.7 Å². The van der Waals surface area contributed by atoms with Crippen molar-refractivity contribution in [3.05, 3.63) is 36.4 Å². The number of carbonyl (C=O) groups is 1. The van der Waals surface area contributed by atoms with Crippen molar-refractivity contribution in [2.24, 2.45) is 5.92 Å². The summed E-state index contributed by atoms with van der Waals surface area (Å²) in [5, 5.41) is 2.37. The van der Waals surface area contributed by atoms with Crippen molar-refractivity contribution >= 4 is 27.6 Å². The molecule has 3 heteroatoms. The van der Waals surface area contributed by atoms with Crippen LogP contribution in [-0.2, 0) is 15.7 Å². The molecule has 0 spiro atoms. The third-order valence-electron chi connectivity index (χ3n) is 5.34. The van der Waals surface area contributed by atoms with Crippen LogP contribution in [0.4, 0.5) is 0 Å². The molecule has 1 aliphatic heterocycles. The van der Waals surface area contributed by atoms with Crippen LogP contribution in [0, 0.1) is 5.92 Å². The van der Waals surface area contributed by atoms with Crippen molar-refractivity contribution < 1.29 is 9.53 Å². The van der Waals surface area contributed by atoms with Gasteiger partial charge in [-0.3, -0.25) is 4.79 Å². The molecule has 2 aromatic carbocycles. The number of carbonyl (C=O) groups excluding carboxylic acids is 1. The van der Waals surface area contributed by atoms with Gasteiger partial charge in [-0.2, -0.15) is 0 Å². The zero-order chi connectivity index (χ0) is 16.4. The predicted molar refractivity (Wildman–Crippen MR) is 101 cm³/mol. The van der Waals surface area contributed by atoms with E-state index >= 15 is 0 Å². The fourth-order valence-electron chi connectivity index (χ4n) is 3.99. The molecule has 2 nitrogen and oxygen atoms in total. The number of benzene rings is 2. The van der Waals surface area contributed by atoms with Crippen molar-refractivity contribution in [2.45, 2.75) is 49.8 Å². The van der Waals surface area contributed by atoms with E-state index in [1.807, 2.05) is 12.1 Å². The number of esters is 1. The fourth-order valence-corrected chi connectivity index (χ4v) is 6.49. The van der Waals surface area contributed by atoms with E-state index in [4.69, 9.17) is 4.74 Å². The Morgan fingerprint density at radius 2 is 1.58 bits per heavy atom. The van der Waals surface area contributed by atoms with E-state index in [1.165, 1.54) is 41.0 Å². The highest BCUT2D eigenvalue weighted by Crippen LogP contribution is 2.35. The maximum atomic E-state index is 12.5. The Bertz CT molecular complexity index is 728. The molecule has 0 unspecified atom stereocenters. The summed E-state index contributed by atoms with van der Waals surface area (Å²) in [5.74, 6) is 3.42. The lowest BCUT2D eigenvalue weighted by atomic mass is 9.89. The van der Waals surface area contributed by atoms with Gasteiger partial charge < -0.3 is 4.74 Å². The van der Waals surface area contributed by atoms with Crippen LogP contribution >= 0.6 is 0 Å². The lowest BCUT2D eigenvalue weighted by Crippen LogP contribution is -2.22. The lowest BCUT2D eigenvalue weighted by Gasteiger charge is -2.20. The summed E-state index contributed by atoms with van der Waals surface area (Å²) in [6, 6.07) is 12.7. The van der Waals surface area contributed by atoms with Crippen LogP contribution in [0.3, 0.4) is 0 Å². The third-order valence-corrected chi connectivity index (χ3v) is 7.88. The highest BCUT2D eigenvalue weighted by Gasteiger charge is 2.30. The van der Waals surface area contributed by atoms with Gasteiger partial charge in [-0.05, 0) is 43.9 Å². The topological polar surface area (TPSA) is 26.3 Å². The Labute approximate surface area is 146 Å². The first-order chi connectivity index (χ1) is 11.8. The molecule has 1 aliphatic carbocycles. The summed E-state index contributed by atoms with van der Waals surface area (Å²) < 4.78 is 5.85. The largest absolute Gasteiger partial charge is 0.426 e. The van der Waals surface area contributed by atoms with Gasteiger partial charge in [0.2, 0.25) is 0 Å². The van der Waals surface area contributed by atoms with Gasteiger partial charge in [-0.25, -0.2) is 0 Å². The van der Waals surface area contributed by atoms with Crippen LogP contribution in [0.25, 0.3) is 10.8 Å². The summed E-state index contributed by atoms with van der Waals surface area (Å²) in [5.41, 5.74) is 0. The number of rotatable bonds is 3. The Balaban J connectivity index is 1.64. The van der Waals surface area contributed by atoms with Gasteiger partial charge in [-0.1, -0.05) is 37.5 Å². The SMILES string of the molecule is O=C(Oc1ccc([S+]2CCCC2)c2ccccc12)C1CCCCC1. The predicted octanol–water partition coefficient (Wildman–Crippen LogP) is 5.10. The second-order valence-electron chi connectivity index (χ2n) is 6.97. The average Bonchev–Trinajstić information content (AvgIpc) is 3.17. The van der Waals surface area contributed by atoms with Gasteiger partial charge >= 0.3 is 5.97 Å². The Morgan fingerprint density at radius 3 is 2.33 bits per heavy atom. The van der Waals surface area contributed by atoms with E-state index in [-0.39, 0.29) is 11.9 Å². The van der Waals surface area contributed by atoms with E-state index in [0.717, 1.165) is 36.8 Å². The van der Waals surface area contributed by atoms with Crippen molar-refractivity contribution in [1.82, 2.24) is 0 Å². The van der Waals surface area contributed by atoms with Crippen molar-refractivity contribution in [2.75, 3.05) is 11.5 Å². The molecule has 4 rings (SSSR count). The van der Waals surface area contributed by atoms with Crippen molar-refractivity contribution in [3.63, 3.8) is 0 Å². The first-order valence-electron chi connectivity index (χ1n) is 9.24. The fraction of sp³-hybridized carbons (Fsp3) is 0.476. The molecular formula is C21H25O2S+. The standard InChI is InChI=1S/C21H25O2S/c22-21(16-8-2-1-3-9-16)23-19-12-13-20(24-14-6-7-15-24)18-11-5-4-10-17(18)19/h4-5,10-13,16H,1-3,6-9,14-15H2/q+1. The molecule has 24 heavy (non-hydrogen) atoms. The summed E-state index contributed by atoms with van der Waals surface area (Å²) in [7, 11) is 0.369. The summed E-state index contributed by atoms with van der Waals surface area (Å²) in [4.78, 5) is 14.0. The molecule has 2 aromatic rings. The normalized spacial score (nSPS) is 19.7. The van der Waals surface area contributed by atoms with Crippen LogP contribution in [-0.4, -0.2) is 17.5 Å². The minimum atomic E-state index is -0.0316. The van der Waals surface area contributed by atoms with Gasteiger partial charge in [0.1, 0.15) is 17.3 Å². The van der Waals surface area contributed by atoms with E-state index in [1.54, 1.807) is 0 Å². The molecule has 0 amide bonds. The summed E-state index contributed by atoms with van der Waals surface area (Å²) >= 11 is 0. The molecule has 2 fully saturated rings. The Hall–Kier alpha value is -1.48. The average molecular weight is 341 g/mol. The summed E-state index contributed by atoms with van der Waals surface area (Å²) in [6.07, 6.45) is 8.22. The second-order valence-corrected chi connectivity index (χ2v) is 9.21. The van der Waals surface area contributed by atoms with Crippen LogP contribution in [0.5, 0.6) is 5.75 Å². The van der Waals surface area contributed by atoms with Gasteiger partial charge in [0.15, 0.2) is 4.90 Å². The molecule has 0 aromatic heterocycles. The van der Waals surface area contributed by atoms with Crippen molar-refractivity contribution in [3.8, 4) is 5.75 Å². The van der Waals surface area contributed by atoms with Crippen LogP contribution in [0.2, 0.25) is 0 Å². The molecular weight excluding hydrogens is 316 g/mol. The van der Waals surface area contributed by atoms with Gasteiger partial charge in [0.05, 0.1) is 5.92 Å². The molecule has 0 atom stereocenters. The second kappa shape index (κ2) is 7.18. The maximum absolute atomic E-state index is 12.5. The summed E-state index contributed by atoms with van der Waals surface area (Å²) in [6.45, 7) is 0. The van der Waals surface area contributed by atoms with E-state index in [2.05, 4.69) is 24.3 Å². The number of fused-ring (bicyclic) bond motifs is 1. The number of ether oxygens (including phenoxy) is 1. The monoisotopic (exact) mass is 341 g/mol. The van der Waals surface area contributed by atoms with Crippen molar-refractivity contribution in [1.29, 1.82) is 0 Å². The van der Waals surface area contributed by atoms with Crippen LogP contribution in [0.15, 0.2) is 41.3 Å². The highest BCUT2D eigenvalue weighted by molar-refractivity contribution is 7.97. The van der Waals surface area contributed by atoms with E-state index < -0.39 is 0 Å². The smallest absolute Gasteiger partial charge is 0.314 e. The maximum Gasteiger partial charge on any atom is 0.314 e. The Kier molecular flexibility index (Phi) is 4.79. The lowest BCUT2D eigenvalue weighted by molar-refractivity contribution is -0.139. The molecule has 2 aliphatic rings. The van der Waals surface area contributed by atoms with Gasteiger partial charge in [0.25, 0.3) is 0 Å². The molecule has 0 N–H and O–H groups in total. The van der Waals surface area contributed by atoms with E-state index in [0.29, 0.717) is 10.9 Å². The number of hydrogen-bond acceptors (Lipinski definition) is 2. The molecule has 1 saturated carbocycles. The Morgan fingerprint density at radius 1 is 0.875 bits per heavy atom. The third kappa shape index (κ3) is 3.19. The van der Waals surface area contributed by atoms with Crippen LogP contribution in [0.1, 0.15) is 44.9 Å². The quantitative estimate of drug-likeness (QED) is 0.441. The molecule has 1 saturated heterocycles. The highest BCUT2D eigenvalue weighted by atomic mass is 32.2. The van der Waals surface area contributed by atoms with E-state index in [9.17, 15) is 4.79 Å². The first-order valence-corrected chi connectivity index (χ1v) is 10.8. The molecule has 0 bridgehead atoms. The van der Waals surface area contributed by atoms with Gasteiger partial charge in [-0.15, -0.1) is 0 Å². The minimum Gasteiger partial charge on any atom is -0.426 e. The zero-order valence-corrected chi connectivity index (χ0v) is 14.9.